The molecule has 0 spiro atoms. The first-order chi connectivity index (χ1) is 8.06. The third-order valence-corrected chi connectivity index (χ3v) is 3.87. The topological polar surface area (TPSA) is 12.0 Å². The Labute approximate surface area is 111 Å². The molecule has 1 aromatic heterocycles. The molecule has 0 unspecified atom stereocenters. The highest BCUT2D eigenvalue weighted by molar-refractivity contribution is 9.10. The number of benzene rings is 1. The van der Waals surface area contributed by atoms with Gasteiger partial charge in [-0.3, -0.25) is 0 Å². The van der Waals surface area contributed by atoms with Gasteiger partial charge in [-0.1, -0.05) is 0 Å². The van der Waals surface area contributed by atoms with Crippen LogP contribution in [0.5, 0.6) is 0 Å². The van der Waals surface area contributed by atoms with Crippen molar-refractivity contribution in [3.63, 3.8) is 0 Å². The summed E-state index contributed by atoms with van der Waals surface area (Å²) < 4.78 is 26.8. The van der Waals surface area contributed by atoms with Crippen LogP contribution in [0.4, 0.5) is 14.5 Å². The first-order valence-electron chi connectivity index (χ1n) is 5.00. The largest absolute Gasteiger partial charge is 0.377 e. The van der Waals surface area contributed by atoms with E-state index in [4.69, 9.17) is 0 Å². The summed E-state index contributed by atoms with van der Waals surface area (Å²) in [6, 6.07) is 6.11. The van der Waals surface area contributed by atoms with Gasteiger partial charge >= 0.3 is 0 Å². The normalized spacial score (nSPS) is 10.6. The minimum absolute atomic E-state index is 0.289. The maximum Gasteiger partial charge on any atom is 0.150 e. The van der Waals surface area contributed by atoms with Crippen molar-refractivity contribution < 1.29 is 8.78 Å². The van der Waals surface area contributed by atoms with Crippen molar-refractivity contribution in [1.82, 2.24) is 0 Å². The van der Waals surface area contributed by atoms with Gasteiger partial charge in [0.05, 0.1) is 5.69 Å². The number of thiophene rings is 1. The highest BCUT2D eigenvalue weighted by Crippen LogP contribution is 2.28. The van der Waals surface area contributed by atoms with E-state index < -0.39 is 11.6 Å². The molecule has 2 rings (SSSR count). The Hall–Kier alpha value is -0.940. The number of hydrogen-bond donors (Lipinski definition) is 1. The number of aryl methyl sites for hydroxylation is 1. The van der Waals surface area contributed by atoms with E-state index in [0.29, 0.717) is 11.0 Å². The van der Waals surface area contributed by atoms with Crippen LogP contribution in [-0.4, -0.2) is 0 Å². The minimum Gasteiger partial charge on any atom is -0.377 e. The average molecular weight is 318 g/mol. The summed E-state index contributed by atoms with van der Waals surface area (Å²) in [4.78, 5) is 2.32. The molecule has 1 aromatic carbocycles. The van der Waals surface area contributed by atoms with Crippen LogP contribution in [0.3, 0.4) is 0 Å². The van der Waals surface area contributed by atoms with Crippen molar-refractivity contribution in [2.45, 2.75) is 13.5 Å². The Kier molecular flexibility index (Phi) is 3.79. The average Bonchev–Trinajstić information content (AvgIpc) is 2.62. The smallest absolute Gasteiger partial charge is 0.150 e. The lowest BCUT2D eigenvalue weighted by Crippen LogP contribution is -2.01. The van der Waals surface area contributed by atoms with Gasteiger partial charge in [0, 0.05) is 26.8 Å². The van der Waals surface area contributed by atoms with E-state index in [1.54, 1.807) is 11.3 Å². The fourth-order valence-corrected chi connectivity index (χ4v) is 2.85. The molecule has 17 heavy (non-hydrogen) atoms. The van der Waals surface area contributed by atoms with Crippen molar-refractivity contribution in [3.8, 4) is 0 Å². The number of nitrogens with one attached hydrogen (secondary N) is 1. The molecule has 5 heteroatoms. The van der Waals surface area contributed by atoms with Crippen LogP contribution < -0.4 is 5.32 Å². The van der Waals surface area contributed by atoms with Crippen molar-refractivity contribution in [2.24, 2.45) is 0 Å². The molecule has 1 nitrogen and oxygen atoms in total. The first-order valence-corrected chi connectivity index (χ1v) is 6.61. The maximum absolute atomic E-state index is 13.5. The zero-order valence-electron chi connectivity index (χ0n) is 9.06. The summed E-state index contributed by atoms with van der Waals surface area (Å²) in [6.45, 7) is 2.54. The molecule has 1 N–H and O–H groups in total. The van der Waals surface area contributed by atoms with Crippen molar-refractivity contribution in [3.05, 3.63) is 50.1 Å². The SMILES string of the molecule is Cc1ccc(CNc2c(F)cc(F)cc2Br)s1. The molecule has 0 amide bonds. The van der Waals surface area contributed by atoms with Crippen molar-refractivity contribution in [1.29, 1.82) is 0 Å². The zero-order chi connectivity index (χ0) is 12.4. The van der Waals surface area contributed by atoms with Gasteiger partial charge in [-0.25, -0.2) is 8.78 Å². The van der Waals surface area contributed by atoms with Gasteiger partial charge in [0.25, 0.3) is 0 Å². The van der Waals surface area contributed by atoms with Gasteiger partial charge in [0.2, 0.25) is 0 Å². The van der Waals surface area contributed by atoms with Gasteiger partial charge in [-0.05, 0) is 41.1 Å². The molecule has 1 heterocycles. The van der Waals surface area contributed by atoms with Gasteiger partial charge in [-0.2, -0.15) is 0 Å². The van der Waals surface area contributed by atoms with E-state index in [-0.39, 0.29) is 5.69 Å². The standard InChI is InChI=1S/C12H10BrF2NS/c1-7-2-3-9(17-7)6-16-12-10(13)4-8(14)5-11(12)15/h2-5,16H,6H2,1H3. The Morgan fingerprint density at radius 1 is 1.29 bits per heavy atom. The van der Waals surface area contributed by atoms with Crippen LogP contribution in [0.15, 0.2) is 28.7 Å². The molecular formula is C12H10BrF2NS. The number of hydrogen-bond acceptors (Lipinski definition) is 2. The predicted octanol–water partition coefficient (Wildman–Crippen LogP) is 4.71. The summed E-state index contributed by atoms with van der Waals surface area (Å²) in [6.07, 6.45) is 0. The lowest BCUT2D eigenvalue weighted by molar-refractivity contribution is 0.583. The fraction of sp³-hybridized carbons (Fsp3) is 0.167. The van der Waals surface area contributed by atoms with Gasteiger partial charge in [0.1, 0.15) is 11.6 Å². The number of halogens is 3. The van der Waals surface area contributed by atoms with Crippen molar-refractivity contribution >= 4 is 33.0 Å². The second-order valence-electron chi connectivity index (χ2n) is 3.61. The number of rotatable bonds is 3. The van der Waals surface area contributed by atoms with E-state index in [1.807, 2.05) is 19.1 Å². The van der Waals surface area contributed by atoms with Crippen LogP contribution in [0, 0.1) is 18.6 Å². The Morgan fingerprint density at radius 3 is 2.65 bits per heavy atom. The van der Waals surface area contributed by atoms with Gasteiger partial charge < -0.3 is 5.32 Å². The molecule has 0 aliphatic heterocycles. The van der Waals surface area contributed by atoms with Crippen molar-refractivity contribution in [2.75, 3.05) is 5.32 Å². The van der Waals surface area contributed by atoms with E-state index in [1.165, 1.54) is 10.9 Å². The molecule has 0 aliphatic rings. The molecule has 0 radical (unpaired) electrons. The van der Waals surface area contributed by atoms with Crippen LogP contribution in [0.2, 0.25) is 0 Å². The monoisotopic (exact) mass is 317 g/mol. The molecule has 0 fully saturated rings. The first kappa shape index (κ1) is 12.5. The highest BCUT2D eigenvalue weighted by Gasteiger charge is 2.09. The summed E-state index contributed by atoms with van der Waals surface area (Å²) in [7, 11) is 0. The lowest BCUT2D eigenvalue weighted by atomic mass is 10.3. The minimum atomic E-state index is -0.592. The summed E-state index contributed by atoms with van der Waals surface area (Å²) >= 11 is 4.79. The van der Waals surface area contributed by atoms with Crippen LogP contribution >= 0.6 is 27.3 Å². The molecule has 0 atom stereocenters. The second-order valence-corrected chi connectivity index (χ2v) is 5.84. The van der Waals surface area contributed by atoms with E-state index >= 15 is 0 Å². The zero-order valence-corrected chi connectivity index (χ0v) is 11.5. The third kappa shape index (κ3) is 3.04. The van der Waals surface area contributed by atoms with Crippen LogP contribution in [0.1, 0.15) is 9.75 Å². The maximum atomic E-state index is 13.5. The summed E-state index contributed by atoms with van der Waals surface area (Å²) in [5.41, 5.74) is 0.289. The van der Waals surface area contributed by atoms with E-state index in [0.717, 1.165) is 10.9 Å². The second kappa shape index (κ2) is 5.14. The van der Waals surface area contributed by atoms with Gasteiger partial charge in [-0.15, -0.1) is 11.3 Å². The molecule has 0 saturated heterocycles. The molecule has 0 aliphatic carbocycles. The molecule has 90 valence electrons. The Bertz CT molecular complexity index is 516. The highest BCUT2D eigenvalue weighted by atomic mass is 79.9. The van der Waals surface area contributed by atoms with E-state index in [9.17, 15) is 8.78 Å². The van der Waals surface area contributed by atoms with Gasteiger partial charge in [0.15, 0.2) is 0 Å². The molecule has 0 bridgehead atoms. The quantitative estimate of drug-likeness (QED) is 0.864. The molecular weight excluding hydrogens is 308 g/mol. The summed E-state index contributed by atoms with van der Waals surface area (Å²) in [5.74, 6) is -1.18. The van der Waals surface area contributed by atoms with Crippen LogP contribution in [0.25, 0.3) is 0 Å². The Morgan fingerprint density at radius 2 is 2.06 bits per heavy atom. The fourth-order valence-electron chi connectivity index (χ4n) is 1.47. The molecule has 0 saturated carbocycles. The predicted molar refractivity (Wildman–Crippen MR) is 70.4 cm³/mol. The molecule has 2 aromatic rings. The summed E-state index contributed by atoms with van der Waals surface area (Å²) in [5, 5.41) is 2.96. The number of anilines is 1. The Balaban J connectivity index is 2.14. The third-order valence-electron chi connectivity index (χ3n) is 2.24. The van der Waals surface area contributed by atoms with Crippen LogP contribution in [-0.2, 0) is 6.54 Å². The lowest BCUT2D eigenvalue weighted by Gasteiger charge is -2.08. The van der Waals surface area contributed by atoms with E-state index in [2.05, 4.69) is 21.2 Å².